The molecule has 0 bridgehead atoms. The summed E-state index contributed by atoms with van der Waals surface area (Å²) in [6.07, 6.45) is 0. The fraction of sp³-hybridized carbons (Fsp3) is 0. The van der Waals surface area contributed by atoms with Gasteiger partial charge in [0.15, 0.2) is 17.5 Å². The summed E-state index contributed by atoms with van der Waals surface area (Å²) in [5, 5.41) is 16.9. The summed E-state index contributed by atoms with van der Waals surface area (Å²) in [6, 6.07) is 74.8. The van der Waals surface area contributed by atoms with Crippen LogP contribution in [-0.2, 0) is 0 Å². The first-order valence-corrected chi connectivity index (χ1v) is 20.8. The van der Waals surface area contributed by atoms with E-state index in [9.17, 15) is 5.26 Å². The van der Waals surface area contributed by atoms with Crippen LogP contribution in [0.5, 0.6) is 0 Å². The van der Waals surface area contributed by atoms with Crippen LogP contribution in [0.1, 0.15) is 5.56 Å². The van der Waals surface area contributed by atoms with Gasteiger partial charge in [-0.3, -0.25) is 0 Å². The van der Waals surface area contributed by atoms with E-state index in [4.69, 9.17) is 15.0 Å². The van der Waals surface area contributed by atoms with E-state index in [2.05, 4.69) is 140 Å². The summed E-state index contributed by atoms with van der Waals surface area (Å²) >= 11 is 0. The highest BCUT2D eigenvalue weighted by Crippen LogP contribution is 2.53. The van der Waals surface area contributed by atoms with Crippen LogP contribution in [0.2, 0.25) is 0 Å². The number of benzene rings is 10. The van der Waals surface area contributed by atoms with E-state index in [1.165, 1.54) is 44.0 Å². The van der Waals surface area contributed by atoms with Crippen molar-refractivity contribution in [1.29, 1.82) is 5.26 Å². The summed E-state index contributed by atoms with van der Waals surface area (Å²) in [6.45, 7) is 0. The SMILES string of the molecule is N#Cc1ccc(-c2ccc3c4c(ccc(-c5ccc(-c6cccc(-c7nc(-c8ccccc8)nc(-c8ccccc8)n7)c6)c6ccccc56)c24)-c2ccccc2-3)c2ccccc12. The minimum atomic E-state index is 0.622. The van der Waals surface area contributed by atoms with Gasteiger partial charge in [-0.15, -0.1) is 0 Å². The van der Waals surface area contributed by atoms with Gasteiger partial charge in [-0.05, 0) is 94.7 Å². The smallest absolute Gasteiger partial charge is 0.164 e. The van der Waals surface area contributed by atoms with Gasteiger partial charge in [0.1, 0.15) is 0 Å². The standard InChI is InChI=1S/C58H34N4/c59-35-40-26-27-48(43-21-8-7-20-41(40)43)52-32-30-50-46-24-11-12-25-47(46)51-31-33-53(55(52)54(50)51)49-29-28-42(44-22-9-10-23-45(44)49)38-18-13-19-39(34-38)58-61-56(36-14-3-1-4-15-36)60-57(62-58)37-16-5-2-6-17-37/h1-34H. The molecule has 0 saturated carbocycles. The molecule has 0 fully saturated rings. The molecule has 62 heavy (non-hydrogen) atoms. The van der Waals surface area contributed by atoms with Crippen LogP contribution in [0, 0.1) is 11.3 Å². The Morgan fingerprint density at radius 1 is 0.274 bits per heavy atom. The monoisotopic (exact) mass is 786 g/mol. The average Bonchev–Trinajstić information content (AvgIpc) is 3.68. The van der Waals surface area contributed by atoms with Crippen molar-refractivity contribution in [2.45, 2.75) is 0 Å². The molecule has 0 N–H and O–H groups in total. The number of fused-ring (bicyclic) bond motifs is 5. The van der Waals surface area contributed by atoms with Crippen molar-refractivity contribution in [3.05, 3.63) is 212 Å². The number of nitrogens with zero attached hydrogens (tertiary/aromatic N) is 4. The van der Waals surface area contributed by atoms with E-state index in [0.717, 1.165) is 60.7 Å². The lowest BCUT2D eigenvalue weighted by Gasteiger charge is -2.19. The van der Waals surface area contributed by atoms with Gasteiger partial charge in [0, 0.05) is 22.1 Å². The molecule has 0 unspecified atom stereocenters. The van der Waals surface area contributed by atoms with E-state index >= 15 is 0 Å². The van der Waals surface area contributed by atoms with Crippen molar-refractivity contribution < 1.29 is 0 Å². The zero-order valence-electron chi connectivity index (χ0n) is 33.4. The van der Waals surface area contributed by atoms with Gasteiger partial charge in [0.25, 0.3) is 0 Å². The molecule has 4 heteroatoms. The number of rotatable bonds is 6. The molecule has 0 radical (unpaired) electrons. The number of hydrogen-bond acceptors (Lipinski definition) is 4. The zero-order valence-corrected chi connectivity index (χ0v) is 33.4. The molecular weight excluding hydrogens is 753 g/mol. The van der Waals surface area contributed by atoms with Gasteiger partial charge in [-0.25, -0.2) is 15.0 Å². The maximum absolute atomic E-state index is 10.1. The predicted octanol–water partition coefficient (Wildman–Crippen LogP) is 14.9. The second kappa shape index (κ2) is 14.3. The normalized spacial score (nSPS) is 11.5. The lowest BCUT2D eigenvalue weighted by atomic mass is 9.84. The van der Waals surface area contributed by atoms with Gasteiger partial charge < -0.3 is 0 Å². The van der Waals surface area contributed by atoms with Gasteiger partial charge in [-0.1, -0.05) is 194 Å². The van der Waals surface area contributed by atoms with Crippen molar-refractivity contribution in [2.75, 3.05) is 0 Å². The molecule has 10 aromatic carbocycles. The largest absolute Gasteiger partial charge is 0.208 e. The Bertz CT molecular complexity index is 3550. The molecule has 1 aliphatic rings. The second-order valence-corrected chi connectivity index (χ2v) is 15.8. The predicted molar refractivity (Wildman–Crippen MR) is 254 cm³/mol. The highest BCUT2D eigenvalue weighted by atomic mass is 15.0. The van der Waals surface area contributed by atoms with Crippen LogP contribution >= 0.6 is 0 Å². The maximum Gasteiger partial charge on any atom is 0.164 e. The number of nitriles is 1. The molecule has 1 heterocycles. The molecule has 1 aromatic heterocycles. The Hall–Kier alpha value is -8.52. The third kappa shape index (κ3) is 5.64. The van der Waals surface area contributed by atoms with Crippen molar-refractivity contribution in [3.8, 4) is 95.9 Å². The molecule has 12 rings (SSSR count). The molecule has 0 atom stereocenters. The van der Waals surface area contributed by atoms with Crippen molar-refractivity contribution >= 4 is 32.3 Å². The fourth-order valence-corrected chi connectivity index (χ4v) is 9.53. The van der Waals surface area contributed by atoms with Crippen LogP contribution in [0.15, 0.2) is 206 Å². The number of hydrogen-bond donors (Lipinski definition) is 0. The van der Waals surface area contributed by atoms with E-state index in [1.807, 2.05) is 72.8 Å². The van der Waals surface area contributed by atoms with Gasteiger partial charge in [-0.2, -0.15) is 5.26 Å². The van der Waals surface area contributed by atoms with E-state index in [0.29, 0.717) is 23.0 Å². The average molecular weight is 787 g/mol. The van der Waals surface area contributed by atoms with Crippen LogP contribution < -0.4 is 0 Å². The molecular formula is C58H34N4. The third-order valence-electron chi connectivity index (χ3n) is 12.3. The first-order valence-electron chi connectivity index (χ1n) is 20.8. The van der Waals surface area contributed by atoms with Crippen LogP contribution in [-0.4, -0.2) is 15.0 Å². The molecule has 0 spiro atoms. The lowest BCUT2D eigenvalue weighted by Crippen LogP contribution is -2.00. The number of aromatic nitrogens is 3. The highest BCUT2D eigenvalue weighted by molar-refractivity contribution is 6.25. The Labute approximate surface area is 358 Å². The third-order valence-corrected chi connectivity index (χ3v) is 12.3. The topological polar surface area (TPSA) is 62.5 Å². The van der Waals surface area contributed by atoms with Crippen LogP contribution in [0.4, 0.5) is 0 Å². The molecule has 4 nitrogen and oxygen atoms in total. The summed E-state index contributed by atoms with van der Waals surface area (Å²) < 4.78 is 0. The lowest BCUT2D eigenvalue weighted by molar-refractivity contribution is 1.07. The molecule has 286 valence electrons. The fourth-order valence-electron chi connectivity index (χ4n) is 9.53. The maximum atomic E-state index is 10.1. The molecule has 11 aromatic rings. The summed E-state index contributed by atoms with van der Waals surface area (Å²) in [5.74, 6) is 1.89. The van der Waals surface area contributed by atoms with Gasteiger partial charge >= 0.3 is 0 Å². The zero-order chi connectivity index (χ0) is 41.1. The van der Waals surface area contributed by atoms with Crippen LogP contribution in [0.3, 0.4) is 0 Å². The first kappa shape index (κ1) is 35.4. The molecule has 0 aliphatic heterocycles. The Morgan fingerprint density at radius 2 is 0.645 bits per heavy atom. The Balaban J connectivity index is 1.05. The first-order chi connectivity index (χ1) is 30.7. The summed E-state index contributed by atoms with van der Waals surface area (Å²) in [5.41, 5.74) is 15.3. The van der Waals surface area contributed by atoms with Crippen molar-refractivity contribution in [2.24, 2.45) is 0 Å². The second-order valence-electron chi connectivity index (χ2n) is 15.8. The minimum absolute atomic E-state index is 0.622. The molecule has 1 aliphatic carbocycles. The van der Waals surface area contributed by atoms with E-state index in [1.54, 1.807) is 0 Å². The Morgan fingerprint density at radius 3 is 1.19 bits per heavy atom. The van der Waals surface area contributed by atoms with E-state index in [-0.39, 0.29) is 0 Å². The summed E-state index contributed by atoms with van der Waals surface area (Å²) in [4.78, 5) is 15.0. The highest BCUT2D eigenvalue weighted by Gasteiger charge is 2.26. The van der Waals surface area contributed by atoms with E-state index < -0.39 is 0 Å². The van der Waals surface area contributed by atoms with Crippen LogP contribution in [0.25, 0.3) is 122 Å². The van der Waals surface area contributed by atoms with Crippen molar-refractivity contribution in [1.82, 2.24) is 15.0 Å². The Kier molecular flexibility index (Phi) is 8.19. The quantitative estimate of drug-likeness (QED) is 0.168. The molecule has 0 saturated heterocycles. The van der Waals surface area contributed by atoms with Crippen molar-refractivity contribution in [3.63, 3.8) is 0 Å². The van der Waals surface area contributed by atoms with Gasteiger partial charge in [0.05, 0.1) is 11.6 Å². The summed E-state index contributed by atoms with van der Waals surface area (Å²) in [7, 11) is 0. The molecule has 0 amide bonds. The minimum Gasteiger partial charge on any atom is -0.208 e. The van der Waals surface area contributed by atoms with Gasteiger partial charge in [0.2, 0.25) is 0 Å².